The SMILES string of the molecule is COc1ccc(C(C)=O)cc1CC1(C)C(=O)Nc2cccc(Cl)c21. The number of fused-ring (bicyclic) bond motifs is 1. The largest absolute Gasteiger partial charge is 0.496 e. The van der Waals surface area contributed by atoms with Gasteiger partial charge in [0.05, 0.1) is 12.5 Å². The molecule has 124 valence electrons. The highest BCUT2D eigenvalue weighted by molar-refractivity contribution is 6.33. The normalized spacial score (nSPS) is 18.9. The van der Waals surface area contributed by atoms with E-state index in [4.69, 9.17) is 16.3 Å². The van der Waals surface area contributed by atoms with Gasteiger partial charge in [0.25, 0.3) is 0 Å². The molecule has 1 aliphatic rings. The first kappa shape index (κ1) is 16.5. The Morgan fingerprint density at radius 1 is 1.29 bits per heavy atom. The van der Waals surface area contributed by atoms with Gasteiger partial charge in [0, 0.05) is 21.8 Å². The molecule has 4 nitrogen and oxygen atoms in total. The third-order valence-corrected chi connectivity index (χ3v) is 4.86. The molecule has 24 heavy (non-hydrogen) atoms. The molecule has 0 fully saturated rings. The second kappa shape index (κ2) is 5.95. The summed E-state index contributed by atoms with van der Waals surface area (Å²) in [7, 11) is 1.57. The van der Waals surface area contributed by atoms with Crippen LogP contribution in [0.3, 0.4) is 0 Å². The van der Waals surface area contributed by atoms with Crippen LogP contribution in [0.2, 0.25) is 5.02 Å². The fourth-order valence-electron chi connectivity index (χ4n) is 3.25. The number of halogens is 1. The number of ether oxygens (including phenoxy) is 1. The van der Waals surface area contributed by atoms with Crippen LogP contribution in [0, 0.1) is 0 Å². The summed E-state index contributed by atoms with van der Waals surface area (Å²) in [4.78, 5) is 24.3. The maximum Gasteiger partial charge on any atom is 0.235 e. The molecule has 0 aromatic heterocycles. The van der Waals surface area contributed by atoms with E-state index in [9.17, 15) is 9.59 Å². The van der Waals surface area contributed by atoms with E-state index in [1.807, 2.05) is 19.1 Å². The van der Waals surface area contributed by atoms with Crippen molar-refractivity contribution in [3.8, 4) is 5.75 Å². The van der Waals surface area contributed by atoms with Crippen LogP contribution in [-0.4, -0.2) is 18.8 Å². The number of anilines is 1. The summed E-state index contributed by atoms with van der Waals surface area (Å²) in [5.74, 6) is 0.508. The first-order chi connectivity index (χ1) is 11.4. The monoisotopic (exact) mass is 343 g/mol. The second-order valence-corrected chi connectivity index (χ2v) is 6.62. The zero-order valence-electron chi connectivity index (χ0n) is 13.8. The summed E-state index contributed by atoms with van der Waals surface area (Å²) in [6.07, 6.45) is 0.389. The fraction of sp³-hybridized carbons (Fsp3) is 0.263. The molecule has 1 amide bonds. The number of carbonyl (C=O) groups is 2. The Kier molecular flexibility index (Phi) is 4.10. The molecular weight excluding hydrogens is 326 g/mol. The minimum Gasteiger partial charge on any atom is -0.496 e. The second-order valence-electron chi connectivity index (χ2n) is 6.21. The number of methoxy groups -OCH3 is 1. The Morgan fingerprint density at radius 3 is 2.71 bits per heavy atom. The van der Waals surface area contributed by atoms with Crippen LogP contribution in [0.5, 0.6) is 5.75 Å². The van der Waals surface area contributed by atoms with Crippen LogP contribution in [0.25, 0.3) is 0 Å². The molecule has 0 spiro atoms. The van der Waals surface area contributed by atoms with Crippen LogP contribution < -0.4 is 10.1 Å². The van der Waals surface area contributed by atoms with E-state index in [0.29, 0.717) is 22.8 Å². The minimum absolute atomic E-state index is 0.0293. The number of hydrogen-bond donors (Lipinski definition) is 1. The molecule has 2 aromatic rings. The lowest BCUT2D eigenvalue weighted by Gasteiger charge is -2.24. The minimum atomic E-state index is -0.823. The van der Waals surface area contributed by atoms with Gasteiger partial charge in [0.1, 0.15) is 5.75 Å². The van der Waals surface area contributed by atoms with E-state index < -0.39 is 5.41 Å². The topological polar surface area (TPSA) is 55.4 Å². The smallest absolute Gasteiger partial charge is 0.235 e. The molecule has 1 atom stereocenters. The number of nitrogens with one attached hydrogen (secondary N) is 1. The first-order valence-corrected chi connectivity index (χ1v) is 8.03. The van der Waals surface area contributed by atoms with E-state index >= 15 is 0 Å². The summed E-state index contributed by atoms with van der Waals surface area (Å²) in [5.41, 5.74) is 2.09. The molecule has 1 N–H and O–H groups in total. The molecule has 0 saturated carbocycles. The Morgan fingerprint density at radius 2 is 2.04 bits per heavy atom. The summed E-state index contributed by atoms with van der Waals surface area (Å²) in [6, 6.07) is 10.7. The van der Waals surface area contributed by atoms with Crippen molar-refractivity contribution in [3.05, 3.63) is 58.1 Å². The van der Waals surface area contributed by atoms with E-state index in [1.165, 1.54) is 6.92 Å². The van der Waals surface area contributed by atoms with E-state index in [1.54, 1.807) is 31.4 Å². The molecule has 1 heterocycles. The summed E-state index contributed by atoms with van der Waals surface area (Å²) < 4.78 is 5.41. The Hall–Kier alpha value is -2.33. The molecule has 0 bridgehead atoms. The van der Waals surface area contributed by atoms with Gasteiger partial charge in [-0.15, -0.1) is 0 Å². The fourth-order valence-corrected chi connectivity index (χ4v) is 3.63. The van der Waals surface area contributed by atoms with Crippen molar-refractivity contribution in [2.24, 2.45) is 0 Å². The average Bonchev–Trinajstić information content (AvgIpc) is 2.79. The van der Waals surface area contributed by atoms with Gasteiger partial charge in [0.15, 0.2) is 5.78 Å². The van der Waals surface area contributed by atoms with Crippen molar-refractivity contribution in [2.75, 3.05) is 12.4 Å². The van der Waals surface area contributed by atoms with Gasteiger partial charge < -0.3 is 10.1 Å². The van der Waals surface area contributed by atoms with Crippen molar-refractivity contribution in [2.45, 2.75) is 25.7 Å². The highest BCUT2D eigenvalue weighted by Crippen LogP contribution is 2.44. The lowest BCUT2D eigenvalue weighted by molar-refractivity contribution is -0.120. The van der Waals surface area contributed by atoms with Gasteiger partial charge in [-0.2, -0.15) is 0 Å². The molecule has 0 saturated heterocycles. The quantitative estimate of drug-likeness (QED) is 0.853. The number of ketones is 1. The van der Waals surface area contributed by atoms with Gasteiger partial charge in [-0.05, 0) is 56.2 Å². The highest BCUT2D eigenvalue weighted by atomic mass is 35.5. The van der Waals surface area contributed by atoms with Gasteiger partial charge in [0.2, 0.25) is 5.91 Å². The molecule has 3 rings (SSSR count). The molecule has 1 unspecified atom stereocenters. The molecule has 1 aliphatic heterocycles. The van der Waals surface area contributed by atoms with Crippen LogP contribution in [-0.2, 0) is 16.6 Å². The van der Waals surface area contributed by atoms with Crippen molar-refractivity contribution >= 4 is 29.0 Å². The first-order valence-electron chi connectivity index (χ1n) is 7.65. The molecular formula is C19H18ClNO3. The third kappa shape index (κ3) is 2.57. The third-order valence-electron chi connectivity index (χ3n) is 4.55. The lowest BCUT2D eigenvalue weighted by Crippen LogP contribution is -2.33. The lowest BCUT2D eigenvalue weighted by atomic mass is 9.78. The number of hydrogen-bond acceptors (Lipinski definition) is 3. The number of rotatable bonds is 4. The molecule has 0 aliphatic carbocycles. The van der Waals surface area contributed by atoms with Crippen LogP contribution in [0.1, 0.15) is 35.3 Å². The Balaban J connectivity index is 2.10. The van der Waals surface area contributed by atoms with E-state index in [2.05, 4.69) is 5.32 Å². The molecule has 0 radical (unpaired) electrons. The summed E-state index contributed by atoms with van der Waals surface area (Å²) >= 11 is 6.36. The van der Waals surface area contributed by atoms with Crippen molar-refractivity contribution in [3.63, 3.8) is 0 Å². The summed E-state index contributed by atoms with van der Waals surface area (Å²) in [6.45, 7) is 3.38. The van der Waals surface area contributed by atoms with Crippen LogP contribution >= 0.6 is 11.6 Å². The van der Waals surface area contributed by atoms with Crippen molar-refractivity contribution in [1.82, 2.24) is 0 Å². The van der Waals surface area contributed by atoms with Gasteiger partial charge in [-0.1, -0.05) is 17.7 Å². The predicted molar refractivity (Wildman–Crippen MR) is 94.1 cm³/mol. The van der Waals surface area contributed by atoms with Crippen molar-refractivity contribution < 1.29 is 14.3 Å². The van der Waals surface area contributed by atoms with Crippen molar-refractivity contribution in [1.29, 1.82) is 0 Å². The number of Topliss-reactive ketones (excluding diaryl/α,β-unsaturated/α-hetero) is 1. The van der Waals surface area contributed by atoms with Crippen LogP contribution in [0.15, 0.2) is 36.4 Å². The van der Waals surface area contributed by atoms with Gasteiger partial charge in [-0.3, -0.25) is 9.59 Å². The molecule has 5 heteroatoms. The maximum absolute atomic E-state index is 12.7. The van der Waals surface area contributed by atoms with E-state index in [-0.39, 0.29) is 11.7 Å². The van der Waals surface area contributed by atoms with Gasteiger partial charge >= 0.3 is 0 Å². The van der Waals surface area contributed by atoms with Crippen LogP contribution in [0.4, 0.5) is 5.69 Å². The standard InChI is InChI=1S/C19H18ClNO3/c1-11(22)12-7-8-16(24-3)13(9-12)10-19(2)17-14(20)5-4-6-15(17)21-18(19)23/h4-9H,10H2,1-3H3,(H,21,23). The van der Waals surface area contributed by atoms with Gasteiger partial charge in [-0.25, -0.2) is 0 Å². The number of benzene rings is 2. The Labute approximate surface area is 145 Å². The van der Waals surface area contributed by atoms with E-state index in [0.717, 1.165) is 16.8 Å². The predicted octanol–water partition coefficient (Wildman–Crippen LogP) is 4.00. The maximum atomic E-state index is 12.7. The summed E-state index contributed by atoms with van der Waals surface area (Å²) in [5, 5.41) is 3.44. The number of carbonyl (C=O) groups excluding carboxylic acids is 2. The zero-order chi connectivity index (χ0) is 17.5. The number of amides is 1. The zero-order valence-corrected chi connectivity index (χ0v) is 14.5. The highest BCUT2D eigenvalue weighted by Gasteiger charge is 2.44. The Bertz CT molecular complexity index is 847. The molecule has 2 aromatic carbocycles. The average molecular weight is 344 g/mol.